The van der Waals surface area contributed by atoms with Crippen LogP contribution in [0.25, 0.3) is 0 Å². The molecule has 2 aromatic carbocycles. The van der Waals surface area contributed by atoms with E-state index in [0.29, 0.717) is 11.6 Å². The van der Waals surface area contributed by atoms with Gasteiger partial charge in [-0.05, 0) is 35.9 Å². The molecule has 23 heavy (non-hydrogen) atoms. The minimum absolute atomic E-state index is 0.116. The maximum Gasteiger partial charge on any atom is 0.341 e. The van der Waals surface area contributed by atoms with Crippen molar-refractivity contribution in [2.24, 2.45) is 0 Å². The summed E-state index contributed by atoms with van der Waals surface area (Å²) in [6.45, 7) is -0.527. The highest BCUT2D eigenvalue weighted by molar-refractivity contribution is 5.91. The second kappa shape index (κ2) is 7.44. The molecule has 0 unspecified atom stereocenters. The number of hydrogen-bond donors (Lipinski definition) is 1. The van der Waals surface area contributed by atoms with E-state index >= 15 is 0 Å². The topological polar surface area (TPSA) is 55.4 Å². The van der Waals surface area contributed by atoms with Gasteiger partial charge in [0.25, 0.3) is 5.91 Å². The molecule has 120 valence electrons. The molecule has 0 aromatic heterocycles. The third kappa shape index (κ3) is 4.84. The Bertz CT molecular complexity index is 717. The van der Waals surface area contributed by atoms with Gasteiger partial charge in [0.1, 0.15) is 17.5 Å². The summed E-state index contributed by atoms with van der Waals surface area (Å²) < 4.78 is 43.6. The molecule has 0 aliphatic rings. The minimum Gasteiger partial charge on any atom is -0.452 e. The molecule has 0 atom stereocenters. The average molecular weight is 323 g/mol. The second-order valence-electron chi connectivity index (χ2n) is 4.60. The van der Waals surface area contributed by atoms with Gasteiger partial charge in [-0.25, -0.2) is 18.0 Å². The van der Waals surface area contributed by atoms with E-state index in [4.69, 9.17) is 0 Å². The molecule has 0 radical (unpaired) electrons. The molecular weight excluding hydrogens is 311 g/mol. The van der Waals surface area contributed by atoms with Crippen LogP contribution in [0.3, 0.4) is 0 Å². The van der Waals surface area contributed by atoms with Gasteiger partial charge < -0.3 is 10.1 Å². The number of nitrogens with one attached hydrogen (secondary N) is 1. The SMILES string of the molecule is O=C(COC(=O)c1cc(F)ccc1F)NCc1ccc(F)cc1. The first-order valence-electron chi connectivity index (χ1n) is 6.59. The Kier molecular flexibility index (Phi) is 5.35. The van der Waals surface area contributed by atoms with Crippen LogP contribution in [0.5, 0.6) is 0 Å². The van der Waals surface area contributed by atoms with Crippen LogP contribution >= 0.6 is 0 Å². The van der Waals surface area contributed by atoms with Gasteiger partial charge >= 0.3 is 5.97 Å². The van der Waals surface area contributed by atoms with Gasteiger partial charge in [0, 0.05) is 6.54 Å². The van der Waals surface area contributed by atoms with Gasteiger partial charge in [-0.2, -0.15) is 0 Å². The first kappa shape index (κ1) is 16.5. The molecule has 0 saturated heterocycles. The molecule has 2 rings (SSSR count). The lowest BCUT2D eigenvalue weighted by molar-refractivity contribution is -0.124. The van der Waals surface area contributed by atoms with Crippen molar-refractivity contribution in [3.05, 3.63) is 71.0 Å². The summed E-state index contributed by atoms with van der Waals surface area (Å²) in [7, 11) is 0. The minimum atomic E-state index is -1.14. The zero-order chi connectivity index (χ0) is 16.8. The van der Waals surface area contributed by atoms with Crippen LogP contribution in [0.4, 0.5) is 13.2 Å². The molecule has 0 aliphatic carbocycles. The van der Waals surface area contributed by atoms with E-state index in [1.165, 1.54) is 24.3 Å². The van der Waals surface area contributed by atoms with E-state index in [2.05, 4.69) is 10.1 Å². The van der Waals surface area contributed by atoms with Gasteiger partial charge in [-0.3, -0.25) is 4.79 Å². The van der Waals surface area contributed by atoms with Gasteiger partial charge in [0.2, 0.25) is 0 Å². The quantitative estimate of drug-likeness (QED) is 0.861. The van der Waals surface area contributed by atoms with E-state index < -0.39 is 41.5 Å². The number of amides is 1. The number of rotatable bonds is 5. The smallest absolute Gasteiger partial charge is 0.341 e. The van der Waals surface area contributed by atoms with Crippen molar-refractivity contribution in [3.8, 4) is 0 Å². The maximum absolute atomic E-state index is 13.3. The summed E-state index contributed by atoms with van der Waals surface area (Å²) in [6.07, 6.45) is 0. The predicted molar refractivity (Wildman–Crippen MR) is 74.9 cm³/mol. The van der Waals surface area contributed by atoms with Crippen molar-refractivity contribution < 1.29 is 27.5 Å². The Morgan fingerprint density at radius 3 is 2.30 bits per heavy atom. The Morgan fingerprint density at radius 2 is 1.61 bits per heavy atom. The van der Waals surface area contributed by atoms with Gasteiger partial charge in [-0.1, -0.05) is 12.1 Å². The Labute approximate surface area is 129 Å². The summed E-state index contributed by atoms with van der Waals surface area (Å²) in [4.78, 5) is 23.1. The standard InChI is InChI=1S/C16H12F3NO3/c17-11-3-1-10(2-4-11)8-20-15(21)9-23-16(22)13-7-12(18)5-6-14(13)19/h1-7H,8-9H2,(H,20,21). The summed E-state index contributed by atoms with van der Waals surface area (Å²) in [6, 6.07) is 7.81. The molecule has 1 N–H and O–H groups in total. The maximum atomic E-state index is 13.3. The zero-order valence-electron chi connectivity index (χ0n) is 11.8. The lowest BCUT2D eigenvalue weighted by atomic mass is 10.2. The normalized spacial score (nSPS) is 10.2. The van der Waals surface area contributed by atoms with E-state index in [-0.39, 0.29) is 6.54 Å². The summed E-state index contributed by atoms with van der Waals surface area (Å²) in [5.74, 6) is -3.90. The van der Waals surface area contributed by atoms with Crippen molar-refractivity contribution in [1.29, 1.82) is 0 Å². The van der Waals surface area contributed by atoms with Crippen molar-refractivity contribution in [2.75, 3.05) is 6.61 Å². The zero-order valence-corrected chi connectivity index (χ0v) is 11.8. The van der Waals surface area contributed by atoms with Crippen LogP contribution in [0.1, 0.15) is 15.9 Å². The molecule has 0 bridgehead atoms. The monoisotopic (exact) mass is 323 g/mol. The summed E-state index contributed by atoms with van der Waals surface area (Å²) >= 11 is 0. The van der Waals surface area contributed by atoms with Crippen LogP contribution in [0.15, 0.2) is 42.5 Å². The van der Waals surface area contributed by atoms with E-state index in [9.17, 15) is 22.8 Å². The molecule has 0 spiro atoms. The highest BCUT2D eigenvalue weighted by atomic mass is 19.1. The number of esters is 1. The number of carbonyl (C=O) groups excluding carboxylic acids is 2. The molecular formula is C16H12F3NO3. The van der Waals surface area contributed by atoms with Crippen molar-refractivity contribution in [2.45, 2.75) is 6.54 Å². The first-order valence-corrected chi connectivity index (χ1v) is 6.59. The lowest BCUT2D eigenvalue weighted by Crippen LogP contribution is -2.28. The molecule has 0 heterocycles. The fraction of sp³-hybridized carbons (Fsp3) is 0.125. The largest absolute Gasteiger partial charge is 0.452 e. The van der Waals surface area contributed by atoms with E-state index in [0.717, 1.165) is 12.1 Å². The van der Waals surface area contributed by atoms with E-state index in [1.54, 1.807) is 0 Å². The average Bonchev–Trinajstić information content (AvgIpc) is 2.54. The lowest BCUT2D eigenvalue weighted by Gasteiger charge is -2.07. The number of hydrogen-bond acceptors (Lipinski definition) is 3. The van der Waals surface area contributed by atoms with Crippen LogP contribution in [-0.2, 0) is 16.1 Å². The second-order valence-corrected chi connectivity index (χ2v) is 4.60. The van der Waals surface area contributed by atoms with E-state index in [1.807, 2.05) is 0 Å². The van der Waals surface area contributed by atoms with Gasteiger partial charge in [0.15, 0.2) is 6.61 Å². The summed E-state index contributed by atoms with van der Waals surface area (Å²) in [5.41, 5.74) is 0.0681. The molecule has 4 nitrogen and oxygen atoms in total. The van der Waals surface area contributed by atoms with Crippen molar-refractivity contribution in [1.82, 2.24) is 5.32 Å². The van der Waals surface area contributed by atoms with Crippen LogP contribution in [-0.4, -0.2) is 18.5 Å². The molecule has 7 heteroatoms. The molecule has 0 saturated carbocycles. The number of halogens is 3. The Balaban J connectivity index is 1.83. The highest BCUT2D eigenvalue weighted by Crippen LogP contribution is 2.11. The molecule has 0 aliphatic heterocycles. The molecule has 2 aromatic rings. The number of benzene rings is 2. The van der Waals surface area contributed by atoms with Crippen molar-refractivity contribution >= 4 is 11.9 Å². The van der Waals surface area contributed by atoms with Crippen LogP contribution in [0.2, 0.25) is 0 Å². The van der Waals surface area contributed by atoms with Crippen molar-refractivity contribution in [3.63, 3.8) is 0 Å². The highest BCUT2D eigenvalue weighted by Gasteiger charge is 2.15. The van der Waals surface area contributed by atoms with Gasteiger partial charge in [0.05, 0.1) is 5.56 Å². The number of carbonyl (C=O) groups is 2. The molecule has 1 amide bonds. The number of ether oxygens (including phenoxy) is 1. The van der Waals surface area contributed by atoms with Crippen LogP contribution in [0, 0.1) is 17.5 Å². The Hall–Kier alpha value is -2.83. The summed E-state index contributed by atoms with van der Waals surface area (Å²) in [5, 5.41) is 2.44. The fourth-order valence-corrected chi connectivity index (χ4v) is 1.72. The fourth-order valence-electron chi connectivity index (χ4n) is 1.72. The Morgan fingerprint density at radius 1 is 0.957 bits per heavy atom. The first-order chi connectivity index (χ1) is 11.0. The third-order valence-corrected chi connectivity index (χ3v) is 2.89. The molecule has 0 fully saturated rings. The third-order valence-electron chi connectivity index (χ3n) is 2.89. The predicted octanol–water partition coefficient (Wildman–Crippen LogP) is 2.58. The van der Waals surface area contributed by atoms with Gasteiger partial charge in [-0.15, -0.1) is 0 Å². The van der Waals surface area contributed by atoms with Crippen LogP contribution < -0.4 is 5.32 Å².